The average molecular weight is 406 g/mol. The van der Waals surface area contributed by atoms with Gasteiger partial charge in [-0.3, -0.25) is 19.6 Å². The Bertz CT molecular complexity index is 654. The molecular weight excluding hydrogens is 370 g/mol. The fourth-order valence-corrected chi connectivity index (χ4v) is 4.15. The molecule has 0 aromatic carbocycles. The van der Waals surface area contributed by atoms with Crippen molar-refractivity contribution in [2.45, 2.75) is 31.8 Å². The van der Waals surface area contributed by atoms with Crippen LogP contribution in [0.3, 0.4) is 0 Å². The lowest BCUT2D eigenvalue weighted by atomic mass is 10.2. The number of amides is 1. The fraction of sp³-hybridized carbons (Fsp3) is 0.750. The number of guanidine groups is 1. The number of carbonyl (C=O) groups is 1. The third kappa shape index (κ3) is 5.93. The van der Waals surface area contributed by atoms with Gasteiger partial charge >= 0.3 is 0 Å². The molecule has 2 aliphatic heterocycles. The van der Waals surface area contributed by atoms with Crippen molar-refractivity contribution < 1.29 is 9.32 Å². The van der Waals surface area contributed by atoms with Crippen LogP contribution in [-0.2, 0) is 11.3 Å². The Labute approximate surface area is 173 Å². The maximum atomic E-state index is 12.3. The number of hydrogen-bond donors (Lipinski definition) is 1. The van der Waals surface area contributed by atoms with E-state index in [2.05, 4.69) is 30.2 Å². The molecule has 2 aliphatic rings. The van der Waals surface area contributed by atoms with Crippen LogP contribution in [0.4, 0.5) is 0 Å². The molecule has 9 nitrogen and oxygen atoms in total. The van der Waals surface area contributed by atoms with Gasteiger partial charge < -0.3 is 19.6 Å². The molecule has 3 rings (SSSR count). The first kappa shape index (κ1) is 21.6. The second-order valence-electron chi connectivity index (χ2n) is 8.01. The molecule has 0 spiro atoms. The van der Waals surface area contributed by atoms with Gasteiger partial charge in [-0.15, -0.1) is 0 Å². The summed E-state index contributed by atoms with van der Waals surface area (Å²) >= 11 is 0. The fourth-order valence-electron chi connectivity index (χ4n) is 4.15. The van der Waals surface area contributed by atoms with Crippen molar-refractivity contribution in [3.05, 3.63) is 18.0 Å². The topological polar surface area (TPSA) is 80.5 Å². The van der Waals surface area contributed by atoms with E-state index in [4.69, 9.17) is 4.52 Å². The Morgan fingerprint density at radius 2 is 2.10 bits per heavy atom. The second kappa shape index (κ2) is 10.6. The number of rotatable bonds is 7. The smallest absolute Gasteiger partial charge is 0.239 e. The third-order valence-corrected chi connectivity index (χ3v) is 5.76. The van der Waals surface area contributed by atoms with Gasteiger partial charge in [0.15, 0.2) is 5.96 Å². The molecule has 2 saturated heterocycles. The van der Waals surface area contributed by atoms with Crippen LogP contribution in [0.1, 0.15) is 25.0 Å². The number of likely N-dealkylation sites (tertiary alicyclic amines) is 1. The first-order valence-corrected chi connectivity index (χ1v) is 10.6. The molecule has 162 valence electrons. The summed E-state index contributed by atoms with van der Waals surface area (Å²) in [7, 11) is 5.53. The van der Waals surface area contributed by atoms with Gasteiger partial charge in [0, 0.05) is 73.0 Å². The Kier molecular flexibility index (Phi) is 7.88. The van der Waals surface area contributed by atoms with Crippen molar-refractivity contribution in [1.29, 1.82) is 0 Å². The molecule has 1 N–H and O–H groups in total. The molecule has 1 aromatic heterocycles. The highest BCUT2D eigenvalue weighted by Crippen LogP contribution is 2.18. The summed E-state index contributed by atoms with van der Waals surface area (Å²) in [6.45, 7) is 7.52. The van der Waals surface area contributed by atoms with Gasteiger partial charge in [0.25, 0.3) is 0 Å². The van der Waals surface area contributed by atoms with Gasteiger partial charge in [0.1, 0.15) is 6.26 Å². The highest BCUT2D eigenvalue weighted by Gasteiger charge is 2.31. The number of aliphatic imine (C=N–C) groups is 1. The first-order chi connectivity index (χ1) is 14.1. The van der Waals surface area contributed by atoms with Gasteiger partial charge in [0.05, 0.1) is 11.7 Å². The molecule has 1 unspecified atom stereocenters. The summed E-state index contributed by atoms with van der Waals surface area (Å²) in [5.41, 5.74) is 0.980. The number of carbonyl (C=O) groups excluding carboxylic acids is 1. The number of likely N-dealkylation sites (N-methyl/N-ethyl adjacent to an activating group) is 1. The zero-order valence-electron chi connectivity index (χ0n) is 18.0. The Morgan fingerprint density at radius 1 is 1.31 bits per heavy atom. The van der Waals surface area contributed by atoms with E-state index in [-0.39, 0.29) is 11.9 Å². The van der Waals surface area contributed by atoms with Gasteiger partial charge in [-0.25, -0.2) is 0 Å². The van der Waals surface area contributed by atoms with Crippen LogP contribution in [0.25, 0.3) is 0 Å². The molecule has 9 heteroatoms. The summed E-state index contributed by atoms with van der Waals surface area (Å²) in [6, 6.07) is 1.98. The third-order valence-electron chi connectivity index (χ3n) is 5.76. The van der Waals surface area contributed by atoms with E-state index in [0.29, 0.717) is 0 Å². The number of nitrogens with one attached hydrogen (secondary N) is 1. The van der Waals surface area contributed by atoms with Gasteiger partial charge in [-0.1, -0.05) is 5.16 Å². The van der Waals surface area contributed by atoms with E-state index in [0.717, 1.165) is 83.3 Å². The summed E-state index contributed by atoms with van der Waals surface area (Å²) in [5, 5.41) is 7.49. The molecule has 0 saturated carbocycles. The van der Waals surface area contributed by atoms with Crippen molar-refractivity contribution in [1.82, 2.24) is 30.1 Å². The van der Waals surface area contributed by atoms with E-state index in [1.807, 2.05) is 27.2 Å². The first-order valence-electron chi connectivity index (χ1n) is 10.6. The molecule has 1 aromatic rings. The van der Waals surface area contributed by atoms with Crippen molar-refractivity contribution in [2.75, 3.05) is 67.0 Å². The van der Waals surface area contributed by atoms with Crippen molar-refractivity contribution in [2.24, 2.45) is 4.99 Å². The lowest BCUT2D eigenvalue weighted by Crippen LogP contribution is -2.52. The Morgan fingerprint density at radius 3 is 2.76 bits per heavy atom. The molecule has 1 amide bonds. The summed E-state index contributed by atoms with van der Waals surface area (Å²) < 4.78 is 4.92. The minimum absolute atomic E-state index is 0.0575. The number of nitrogens with zero attached hydrogens (tertiary/aromatic N) is 6. The number of aromatic nitrogens is 1. The molecule has 2 fully saturated rings. The predicted octanol–water partition coefficient (Wildman–Crippen LogP) is 0.310. The minimum Gasteiger partial charge on any atom is -0.364 e. The molecule has 0 aliphatic carbocycles. The number of piperazine rings is 1. The van der Waals surface area contributed by atoms with Gasteiger partial charge in [-0.2, -0.15) is 0 Å². The molecule has 29 heavy (non-hydrogen) atoms. The normalized spacial score (nSPS) is 21.6. The zero-order valence-corrected chi connectivity index (χ0v) is 18.0. The SMILES string of the molecule is CN=C(NCCCN1CCCC1C(=O)N(C)C)N1CCN(Cc2ccon2)CC1. The second-order valence-corrected chi connectivity index (χ2v) is 8.01. The molecule has 0 radical (unpaired) electrons. The van der Waals surface area contributed by atoms with E-state index >= 15 is 0 Å². The van der Waals surface area contributed by atoms with Gasteiger partial charge in [0.2, 0.25) is 5.91 Å². The lowest BCUT2D eigenvalue weighted by molar-refractivity contribution is -0.133. The van der Waals surface area contributed by atoms with Gasteiger partial charge in [-0.05, 0) is 25.8 Å². The van der Waals surface area contributed by atoms with Crippen LogP contribution < -0.4 is 5.32 Å². The summed E-state index contributed by atoms with van der Waals surface area (Å²) in [5.74, 6) is 1.20. The lowest BCUT2D eigenvalue weighted by Gasteiger charge is -2.36. The van der Waals surface area contributed by atoms with E-state index in [9.17, 15) is 4.79 Å². The minimum atomic E-state index is 0.0575. The number of hydrogen-bond acceptors (Lipinski definition) is 6. The zero-order chi connectivity index (χ0) is 20.6. The van der Waals surface area contributed by atoms with E-state index in [1.54, 1.807) is 11.2 Å². The maximum Gasteiger partial charge on any atom is 0.239 e. The van der Waals surface area contributed by atoms with Crippen molar-refractivity contribution in [3.8, 4) is 0 Å². The van der Waals surface area contributed by atoms with E-state index < -0.39 is 0 Å². The summed E-state index contributed by atoms with van der Waals surface area (Å²) in [6.07, 6.45) is 4.71. The predicted molar refractivity (Wildman–Crippen MR) is 113 cm³/mol. The quantitative estimate of drug-likeness (QED) is 0.397. The summed E-state index contributed by atoms with van der Waals surface area (Å²) in [4.78, 5) is 25.5. The average Bonchev–Trinajstić information content (AvgIpc) is 3.40. The Hall–Kier alpha value is -2.13. The molecular formula is C20H35N7O2. The van der Waals surface area contributed by atoms with Crippen LogP contribution in [0.5, 0.6) is 0 Å². The van der Waals surface area contributed by atoms with Crippen LogP contribution in [0.2, 0.25) is 0 Å². The maximum absolute atomic E-state index is 12.3. The highest BCUT2D eigenvalue weighted by molar-refractivity contribution is 5.81. The highest BCUT2D eigenvalue weighted by atomic mass is 16.5. The van der Waals surface area contributed by atoms with Crippen LogP contribution in [0, 0.1) is 0 Å². The van der Waals surface area contributed by atoms with Crippen molar-refractivity contribution in [3.63, 3.8) is 0 Å². The van der Waals surface area contributed by atoms with Crippen molar-refractivity contribution >= 4 is 11.9 Å². The van der Waals surface area contributed by atoms with Crippen LogP contribution in [0.15, 0.2) is 21.8 Å². The van der Waals surface area contributed by atoms with Crippen LogP contribution >= 0.6 is 0 Å². The van der Waals surface area contributed by atoms with E-state index in [1.165, 1.54) is 0 Å². The molecule has 1 atom stereocenters. The van der Waals surface area contributed by atoms with Crippen LogP contribution in [-0.4, -0.2) is 110 Å². The Balaban J connectivity index is 1.36. The largest absolute Gasteiger partial charge is 0.364 e. The monoisotopic (exact) mass is 405 g/mol. The molecule has 3 heterocycles. The standard InChI is InChI=1S/C20H35N7O2/c1-21-20(27-13-11-25(12-14-27)16-17-7-15-29-23-17)22-8-5-10-26-9-4-6-18(26)19(28)24(2)3/h7,15,18H,4-6,8-14,16H2,1-3H3,(H,21,22). The molecule has 0 bridgehead atoms.